The molecule has 0 radical (unpaired) electrons. The van der Waals surface area contributed by atoms with Gasteiger partial charge in [0.15, 0.2) is 17.4 Å². The number of piperidine rings is 1. The summed E-state index contributed by atoms with van der Waals surface area (Å²) >= 11 is 0. The van der Waals surface area contributed by atoms with Crippen LogP contribution in [0.5, 0.6) is 5.75 Å². The summed E-state index contributed by atoms with van der Waals surface area (Å²) in [6.45, 7) is 1.14. The van der Waals surface area contributed by atoms with E-state index in [1.807, 2.05) is 0 Å². The highest BCUT2D eigenvalue weighted by Gasteiger charge is 2.24. The van der Waals surface area contributed by atoms with Gasteiger partial charge < -0.3 is 10.4 Å². The topological polar surface area (TPSA) is 69.6 Å². The minimum Gasteiger partial charge on any atom is -0.503 e. The summed E-state index contributed by atoms with van der Waals surface area (Å²) in [5, 5.41) is 12.2. The third-order valence-corrected chi connectivity index (χ3v) is 4.90. The van der Waals surface area contributed by atoms with Gasteiger partial charge in [0.2, 0.25) is 10.0 Å². The molecule has 21 heavy (non-hydrogen) atoms. The molecule has 1 saturated heterocycles. The smallest absolute Gasteiger partial charge is 0.211 e. The summed E-state index contributed by atoms with van der Waals surface area (Å²) in [6, 6.07) is 2.26. The number of phenolic OH excluding ortho intramolecular Hbond substituents is 1. The Morgan fingerprint density at radius 1 is 1.29 bits per heavy atom. The van der Waals surface area contributed by atoms with E-state index in [2.05, 4.69) is 5.32 Å². The predicted molar refractivity (Wildman–Crippen MR) is 74.3 cm³/mol. The van der Waals surface area contributed by atoms with Crippen molar-refractivity contribution in [2.24, 2.45) is 0 Å². The fourth-order valence-corrected chi connectivity index (χ4v) is 3.25. The van der Waals surface area contributed by atoms with Crippen LogP contribution in [0, 0.1) is 11.6 Å². The third kappa shape index (κ3) is 4.12. The molecule has 5 nitrogen and oxygen atoms in total. The lowest BCUT2D eigenvalue weighted by Crippen LogP contribution is -2.44. The van der Waals surface area contributed by atoms with Crippen LogP contribution in [0.3, 0.4) is 0 Å². The number of hydrogen-bond acceptors (Lipinski definition) is 4. The maximum absolute atomic E-state index is 13.2. The van der Waals surface area contributed by atoms with Crippen molar-refractivity contribution in [3.8, 4) is 5.75 Å². The lowest BCUT2D eigenvalue weighted by Gasteiger charge is -2.30. The Hall–Kier alpha value is -1.25. The van der Waals surface area contributed by atoms with Crippen LogP contribution in [0.2, 0.25) is 0 Å². The van der Waals surface area contributed by atoms with Crippen LogP contribution < -0.4 is 5.32 Å². The molecule has 0 amide bonds. The van der Waals surface area contributed by atoms with E-state index in [9.17, 15) is 17.2 Å². The van der Waals surface area contributed by atoms with Gasteiger partial charge in [-0.05, 0) is 30.5 Å². The summed E-state index contributed by atoms with van der Waals surface area (Å²) in [6.07, 6.45) is 2.48. The fourth-order valence-electron chi connectivity index (χ4n) is 2.37. The second-order valence-corrected chi connectivity index (χ2v) is 7.21. The van der Waals surface area contributed by atoms with Crippen molar-refractivity contribution in [3.63, 3.8) is 0 Å². The van der Waals surface area contributed by atoms with Crippen LogP contribution in [0.4, 0.5) is 8.78 Å². The molecule has 2 N–H and O–H groups in total. The fraction of sp³-hybridized carbons (Fsp3) is 0.538. The van der Waals surface area contributed by atoms with E-state index in [0.717, 1.165) is 12.1 Å². The molecular formula is C13H18F2N2O3S. The molecule has 0 aliphatic carbocycles. The zero-order valence-corrected chi connectivity index (χ0v) is 12.5. The molecule has 0 aromatic heterocycles. The van der Waals surface area contributed by atoms with Gasteiger partial charge in [-0.3, -0.25) is 0 Å². The van der Waals surface area contributed by atoms with E-state index in [4.69, 9.17) is 5.11 Å². The molecule has 118 valence electrons. The van der Waals surface area contributed by atoms with Crippen LogP contribution in [0.15, 0.2) is 12.1 Å². The molecule has 0 spiro atoms. The largest absolute Gasteiger partial charge is 0.503 e. The number of aromatic hydroxyl groups is 1. The molecule has 1 aliphatic heterocycles. The van der Waals surface area contributed by atoms with Crippen molar-refractivity contribution >= 4 is 10.0 Å². The molecule has 2 rings (SSSR count). The first-order chi connectivity index (χ1) is 9.77. The summed E-state index contributed by atoms with van der Waals surface area (Å²) in [5.41, 5.74) is 0.397. The highest BCUT2D eigenvalue weighted by Crippen LogP contribution is 2.21. The molecule has 0 unspecified atom stereocenters. The lowest BCUT2D eigenvalue weighted by atomic mass is 10.1. The third-order valence-electron chi connectivity index (χ3n) is 3.59. The van der Waals surface area contributed by atoms with Gasteiger partial charge in [-0.15, -0.1) is 0 Å². The monoisotopic (exact) mass is 320 g/mol. The minimum absolute atomic E-state index is 0.0999. The van der Waals surface area contributed by atoms with Gasteiger partial charge in [-0.1, -0.05) is 0 Å². The average molecular weight is 320 g/mol. The van der Waals surface area contributed by atoms with Crippen molar-refractivity contribution in [2.45, 2.75) is 25.4 Å². The lowest BCUT2D eigenvalue weighted by molar-refractivity contribution is 0.289. The van der Waals surface area contributed by atoms with E-state index in [0.29, 0.717) is 31.5 Å². The number of benzene rings is 1. The second kappa shape index (κ2) is 6.25. The minimum atomic E-state index is -3.15. The summed E-state index contributed by atoms with van der Waals surface area (Å²) in [4.78, 5) is 0. The number of halogens is 2. The summed E-state index contributed by atoms with van der Waals surface area (Å²) < 4.78 is 50.6. The Morgan fingerprint density at radius 2 is 1.81 bits per heavy atom. The summed E-state index contributed by atoms with van der Waals surface area (Å²) in [5.74, 6) is -2.95. The molecule has 1 heterocycles. The predicted octanol–water partition coefficient (Wildman–Crippen LogP) is 1.18. The van der Waals surface area contributed by atoms with Crippen molar-refractivity contribution in [2.75, 3.05) is 19.3 Å². The standard InChI is InChI=1S/C13H18F2N2O3S/c1-21(19,20)17-4-2-10(3-5-17)16-8-9-6-11(14)13(18)12(15)7-9/h6-7,10,16,18H,2-5,8H2,1H3. The van der Waals surface area contributed by atoms with E-state index in [1.54, 1.807) is 0 Å². The normalized spacial score (nSPS) is 18.0. The van der Waals surface area contributed by atoms with Gasteiger partial charge in [0.1, 0.15) is 0 Å². The van der Waals surface area contributed by atoms with Crippen molar-refractivity contribution in [3.05, 3.63) is 29.3 Å². The number of phenols is 1. The van der Waals surface area contributed by atoms with Crippen LogP contribution in [0.25, 0.3) is 0 Å². The summed E-state index contributed by atoms with van der Waals surface area (Å²) in [7, 11) is -3.15. The van der Waals surface area contributed by atoms with Crippen molar-refractivity contribution in [1.82, 2.24) is 9.62 Å². The second-order valence-electron chi connectivity index (χ2n) is 5.23. The van der Waals surface area contributed by atoms with E-state index >= 15 is 0 Å². The van der Waals surface area contributed by atoms with Gasteiger partial charge in [-0.25, -0.2) is 21.5 Å². The SMILES string of the molecule is CS(=O)(=O)N1CCC(NCc2cc(F)c(O)c(F)c2)CC1. The van der Waals surface area contributed by atoms with Crippen LogP contribution in [0.1, 0.15) is 18.4 Å². The molecule has 1 aromatic carbocycles. The Kier molecular flexibility index (Phi) is 4.80. The molecule has 0 bridgehead atoms. The maximum atomic E-state index is 13.2. The van der Waals surface area contributed by atoms with Crippen LogP contribution in [-0.4, -0.2) is 43.2 Å². The van der Waals surface area contributed by atoms with Gasteiger partial charge in [0.05, 0.1) is 6.26 Å². The highest BCUT2D eigenvalue weighted by molar-refractivity contribution is 7.88. The Balaban J connectivity index is 1.88. The molecule has 1 aliphatic rings. The van der Waals surface area contributed by atoms with Gasteiger partial charge >= 0.3 is 0 Å². The van der Waals surface area contributed by atoms with E-state index < -0.39 is 27.4 Å². The van der Waals surface area contributed by atoms with Gasteiger partial charge in [-0.2, -0.15) is 0 Å². The average Bonchev–Trinajstić information content (AvgIpc) is 2.42. The Labute approximate surface area is 122 Å². The van der Waals surface area contributed by atoms with Crippen LogP contribution in [-0.2, 0) is 16.6 Å². The van der Waals surface area contributed by atoms with Crippen molar-refractivity contribution in [1.29, 1.82) is 0 Å². The van der Waals surface area contributed by atoms with Crippen LogP contribution >= 0.6 is 0 Å². The first kappa shape index (κ1) is 16.1. The van der Waals surface area contributed by atoms with E-state index in [-0.39, 0.29) is 12.6 Å². The molecule has 0 atom stereocenters. The molecular weight excluding hydrogens is 302 g/mol. The Bertz CT molecular complexity index is 591. The highest BCUT2D eigenvalue weighted by atomic mass is 32.2. The zero-order chi connectivity index (χ0) is 15.6. The Morgan fingerprint density at radius 3 is 2.29 bits per heavy atom. The van der Waals surface area contributed by atoms with Gasteiger partial charge in [0.25, 0.3) is 0 Å². The maximum Gasteiger partial charge on any atom is 0.211 e. The molecule has 1 fully saturated rings. The van der Waals surface area contributed by atoms with E-state index in [1.165, 1.54) is 10.6 Å². The number of nitrogens with one attached hydrogen (secondary N) is 1. The number of hydrogen-bond donors (Lipinski definition) is 2. The van der Waals surface area contributed by atoms with Crippen molar-refractivity contribution < 1.29 is 22.3 Å². The molecule has 1 aromatic rings. The first-order valence-corrected chi connectivity index (χ1v) is 8.47. The first-order valence-electron chi connectivity index (χ1n) is 6.63. The number of rotatable bonds is 4. The van der Waals surface area contributed by atoms with Gasteiger partial charge in [0, 0.05) is 25.7 Å². The molecule has 0 saturated carbocycles. The number of nitrogens with zero attached hydrogens (tertiary/aromatic N) is 1. The quantitative estimate of drug-likeness (QED) is 0.874. The molecule has 8 heteroatoms. The zero-order valence-electron chi connectivity index (χ0n) is 11.6. The number of sulfonamides is 1.